The molecule has 1 atom stereocenters. The molecule has 3 nitrogen and oxygen atoms in total. The minimum atomic E-state index is 0.0463. The summed E-state index contributed by atoms with van der Waals surface area (Å²) < 4.78 is 5.85. The molecule has 1 heterocycles. The van der Waals surface area contributed by atoms with Crippen LogP contribution in [-0.4, -0.2) is 19.6 Å². The zero-order chi connectivity index (χ0) is 15.4. The standard InChI is InChI=1S/C19H21NO2/c1-20-19(21)12-15-8-6-14(7-9-15)10-16-11-17-4-2-3-5-18(17)22-13-16/h2-9,16H,10-13H2,1H3,(H,20,21). The van der Waals surface area contributed by atoms with E-state index in [1.807, 2.05) is 24.3 Å². The lowest BCUT2D eigenvalue weighted by molar-refractivity contribution is -0.119. The zero-order valence-corrected chi connectivity index (χ0v) is 12.8. The number of hydrogen-bond acceptors (Lipinski definition) is 2. The Labute approximate surface area is 131 Å². The number of amides is 1. The lowest BCUT2D eigenvalue weighted by Gasteiger charge is -2.25. The van der Waals surface area contributed by atoms with Gasteiger partial charge in [-0.3, -0.25) is 4.79 Å². The molecule has 1 unspecified atom stereocenters. The van der Waals surface area contributed by atoms with E-state index in [4.69, 9.17) is 4.74 Å². The third-order valence-corrected chi connectivity index (χ3v) is 4.15. The van der Waals surface area contributed by atoms with Crippen LogP contribution in [0.15, 0.2) is 48.5 Å². The van der Waals surface area contributed by atoms with Gasteiger partial charge < -0.3 is 10.1 Å². The average Bonchev–Trinajstić information content (AvgIpc) is 2.56. The molecule has 3 rings (SSSR count). The molecule has 0 saturated heterocycles. The molecule has 0 aliphatic carbocycles. The quantitative estimate of drug-likeness (QED) is 0.942. The van der Waals surface area contributed by atoms with Crippen LogP contribution in [0.5, 0.6) is 5.75 Å². The second-order valence-electron chi connectivity index (χ2n) is 5.86. The highest BCUT2D eigenvalue weighted by Crippen LogP contribution is 2.28. The first-order valence-electron chi connectivity index (χ1n) is 7.73. The Hall–Kier alpha value is -2.29. The van der Waals surface area contributed by atoms with Gasteiger partial charge in [-0.15, -0.1) is 0 Å². The third kappa shape index (κ3) is 3.48. The van der Waals surface area contributed by atoms with Crippen molar-refractivity contribution in [2.45, 2.75) is 19.3 Å². The fourth-order valence-corrected chi connectivity index (χ4v) is 2.92. The largest absolute Gasteiger partial charge is 0.493 e. The van der Waals surface area contributed by atoms with Crippen molar-refractivity contribution in [2.75, 3.05) is 13.7 Å². The van der Waals surface area contributed by atoms with Crippen molar-refractivity contribution in [1.29, 1.82) is 0 Å². The summed E-state index contributed by atoms with van der Waals surface area (Å²) in [5.74, 6) is 1.59. The molecule has 1 aliphatic rings. The monoisotopic (exact) mass is 295 g/mol. The maximum atomic E-state index is 11.4. The molecular weight excluding hydrogens is 274 g/mol. The molecule has 22 heavy (non-hydrogen) atoms. The van der Waals surface area contributed by atoms with E-state index in [0.29, 0.717) is 12.3 Å². The van der Waals surface area contributed by atoms with E-state index in [2.05, 4.69) is 29.6 Å². The fourth-order valence-electron chi connectivity index (χ4n) is 2.92. The van der Waals surface area contributed by atoms with Crippen LogP contribution in [0, 0.1) is 5.92 Å². The molecule has 1 amide bonds. The lowest BCUT2D eigenvalue weighted by atomic mass is 9.90. The predicted octanol–water partition coefficient (Wildman–Crippen LogP) is 2.77. The molecular formula is C19H21NO2. The number of nitrogens with one attached hydrogen (secondary N) is 1. The number of hydrogen-bond donors (Lipinski definition) is 1. The maximum absolute atomic E-state index is 11.4. The van der Waals surface area contributed by atoms with E-state index in [1.54, 1.807) is 7.05 Å². The summed E-state index contributed by atoms with van der Waals surface area (Å²) in [6.07, 6.45) is 2.52. The Kier molecular flexibility index (Phi) is 4.42. The number of fused-ring (bicyclic) bond motifs is 1. The number of carbonyl (C=O) groups excluding carboxylic acids is 1. The maximum Gasteiger partial charge on any atom is 0.224 e. The van der Waals surface area contributed by atoms with Crippen molar-refractivity contribution in [1.82, 2.24) is 5.32 Å². The van der Waals surface area contributed by atoms with Crippen molar-refractivity contribution in [2.24, 2.45) is 5.92 Å². The Morgan fingerprint density at radius 2 is 1.86 bits per heavy atom. The zero-order valence-electron chi connectivity index (χ0n) is 12.8. The van der Waals surface area contributed by atoms with Gasteiger partial charge in [-0.05, 0) is 35.6 Å². The second kappa shape index (κ2) is 6.65. The van der Waals surface area contributed by atoms with Gasteiger partial charge in [0.05, 0.1) is 13.0 Å². The van der Waals surface area contributed by atoms with Crippen LogP contribution in [0.2, 0.25) is 0 Å². The molecule has 3 heteroatoms. The smallest absolute Gasteiger partial charge is 0.224 e. The summed E-state index contributed by atoms with van der Waals surface area (Å²) >= 11 is 0. The van der Waals surface area contributed by atoms with Crippen LogP contribution >= 0.6 is 0 Å². The van der Waals surface area contributed by atoms with E-state index in [-0.39, 0.29) is 5.91 Å². The number of benzene rings is 2. The first kappa shape index (κ1) is 14.6. The Bertz CT molecular complexity index is 649. The number of para-hydroxylation sites is 1. The molecule has 0 fully saturated rings. The van der Waals surface area contributed by atoms with Gasteiger partial charge in [0.15, 0.2) is 0 Å². The van der Waals surface area contributed by atoms with Gasteiger partial charge in [0, 0.05) is 13.0 Å². The van der Waals surface area contributed by atoms with Crippen molar-refractivity contribution in [3.05, 3.63) is 65.2 Å². The molecule has 2 aromatic carbocycles. The van der Waals surface area contributed by atoms with E-state index in [1.165, 1.54) is 11.1 Å². The summed E-state index contributed by atoms with van der Waals surface area (Å²) in [5.41, 5.74) is 3.65. The minimum Gasteiger partial charge on any atom is -0.493 e. The van der Waals surface area contributed by atoms with Crippen LogP contribution < -0.4 is 10.1 Å². The van der Waals surface area contributed by atoms with Crippen molar-refractivity contribution in [3.8, 4) is 5.75 Å². The van der Waals surface area contributed by atoms with Crippen molar-refractivity contribution in [3.63, 3.8) is 0 Å². The highest BCUT2D eigenvalue weighted by molar-refractivity contribution is 5.78. The van der Waals surface area contributed by atoms with E-state index in [9.17, 15) is 4.79 Å². The Morgan fingerprint density at radius 3 is 2.64 bits per heavy atom. The first-order chi connectivity index (χ1) is 10.7. The minimum absolute atomic E-state index is 0.0463. The predicted molar refractivity (Wildman–Crippen MR) is 87.0 cm³/mol. The van der Waals surface area contributed by atoms with Gasteiger partial charge in [-0.25, -0.2) is 0 Å². The van der Waals surface area contributed by atoms with Crippen LogP contribution in [0.4, 0.5) is 0 Å². The molecule has 114 valence electrons. The first-order valence-corrected chi connectivity index (χ1v) is 7.73. The molecule has 1 N–H and O–H groups in total. The molecule has 0 bridgehead atoms. The molecule has 2 aromatic rings. The van der Waals surface area contributed by atoms with Gasteiger partial charge in [0.1, 0.15) is 5.75 Å². The average molecular weight is 295 g/mol. The third-order valence-electron chi connectivity index (χ3n) is 4.15. The SMILES string of the molecule is CNC(=O)Cc1ccc(CC2COc3ccccc3C2)cc1. The lowest BCUT2D eigenvalue weighted by Crippen LogP contribution is -2.22. The van der Waals surface area contributed by atoms with Crippen LogP contribution in [0.1, 0.15) is 16.7 Å². The highest BCUT2D eigenvalue weighted by Gasteiger charge is 2.19. The molecule has 0 radical (unpaired) electrons. The topological polar surface area (TPSA) is 38.3 Å². The summed E-state index contributed by atoms with van der Waals surface area (Å²) in [5, 5.41) is 2.65. The summed E-state index contributed by atoms with van der Waals surface area (Å²) in [7, 11) is 1.66. The molecule has 0 saturated carbocycles. The number of ether oxygens (including phenoxy) is 1. The van der Waals surface area contributed by atoms with Crippen LogP contribution in [0.25, 0.3) is 0 Å². The Balaban J connectivity index is 1.61. The second-order valence-corrected chi connectivity index (χ2v) is 5.86. The van der Waals surface area contributed by atoms with Crippen LogP contribution in [-0.2, 0) is 24.1 Å². The molecule has 0 spiro atoms. The summed E-state index contributed by atoms with van der Waals surface area (Å²) in [6, 6.07) is 16.6. The van der Waals surface area contributed by atoms with Gasteiger partial charge >= 0.3 is 0 Å². The highest BCUT2D eigenvalue weighted by atomic mass is 16.5. The molecule has 1 aliphatic heterocycles. The Morgan fingerprint density at radius 1 is 1.14 bits per heavy atom. The van der Waals surface area contributed by atoms with E-state index < -0.39 is 0 Å². The van der Waals surface area contributed by atoms with Gasteiger partial charge in [0.2, 0.25) is 5.91 Å². The van der Waals surface area contributed by atoms with Gasteiger partial charge in [-0.2, -0.15) is 0 Å². The number of likely N-dealkylation sites (N-methyl/N-ethyl adjacent to an activating group) is 1. The normalized spacial score (nSPS) is 16.5. The number of rotatable bonds is 4. The van der Waals surface area contributed by atoms with Crippen molar-refractivity contribution >= 4 is 5.91 Å². The van der Waals surface area contributed by atoms with Gasteiger partial charge in [0.25, 0.3) is 0 Å². The van der Waals surface area contributed by atoms with E-state index >= 15 is 0 Å². The van der Waals surface area contributed by atoms with Crippen LogP contribution in [0.3, 0.4) is 0 Å². The van der Waals surface area contributed by atoms with E-state index in [0.717, 1.165) is 30.8 Å². The van der Waals surface area contributed by atoms with Gasteiger partial charge in [-0.1, -0.05) is 42.5 Å². The van der Waals surface area contributed by atoms with Crippen molar-refractivity contribution < 1.29 is 9.53 Å². The summed E-state index contributed by atoms with van der Waals surface area (Å²) in [6.45, 7) is 0.775. The fraction of sp³-hybridized carbons (Fsp3) is 0.316. The summed E-state index contributed by atoms with van der Waals surface area (Å²) in [4.78, 5) is 11.4. The number of carbonyl (C=O) groups is 1. The molecule has 0 aromatic heterocycles.